The van der Waals surface area contributed by atoms with E-state index in [-0.39, 0.29) is 12.0 Å². The molecule has 104 valence electrons. The molecule has 2 rings (SSSR count). The van der Waals surface area contributed by atoms with E-state index in [1.807, 2.05) is 19.9 Å². The summed E-state index contributed by atoms with van der Waals surface area (Å²) in [5, 5.41) is 0. The Morgan fingerprint density at radius 1 is 1.47 bits per heavy atom. The molecule has 1 fully saturated rings. The van der Waals surface area contributed by atoms with Crippen molar-refractivity contribution in [2.45, 2.75) is 45.6 Å². The number of aryl methyl sites for hydroxylation is 2. The van der Waals surface area contributed by atoms with Gasteiger partial charge in [-0.25, -0.2) is 14.8 Å². The van der Waals surface area contributed by atoms with Crippen molar-refractivity contribution in [2.24, 2.45) is 0 Å². The smallest absolute Gasteiger partial charge is 0.328 e. The maximum Gasteiger partial charge on any atom is 0.328 e. The first-order chi connectivity index (χ1) is 9.15. The van der Waals surface area contributed by atoms with Gasteiger partial charge in [-0.05, 0) is 26.2 Å². The molecule has 1 aromatic heterocycles. The van der Waals surface area contributed by atoms with E-state index in [1.54, 1.807) is 0 Å². The topological polar surface area (TPSA) is 55.3 Å². The molecule has 5 heteroatoms. The molecule has 1 saturated heterocycles. The van der Waals surface area contributed by atoms with Gasteiger partial charge in [0.15, 0.2) is 0 Å². The van der Waals surface area contributed by atoms with Crippen LogP contribution in [0.25, 0.3) is 0 Å². The Morgan fingerprint density at radius 2 is 2.26 bits per heavy atom. The molecule has 0 radical (unpaired) electrons. The average molecular weight is 263 g/mol. The number of esters is 1. The first-order valence-electron chi connectivity index (χ1n) is 6.84. The van der Waals surface area contributed by atoms with E-state index in [4.69, 9.17) is 4.74 Å². The molecule has 1 unspecified atom stereocenters. The van der Waals surface area contributed by atoms with E-state index >= 15 is 0 Å². The van der Waals surface area contributed by atoms with Crippen LogP contribution in [-0.4, -0.2) is 35.6 Å². The van der Waals surface area contributed by atoms with Gasteiger partial charge in [0.05, 0.1) is 7.11 Å². The molecule has 5 nitrogen and oxygen atoms in total. The molecule has 1 aliphatic heterocycles. The molecule has 0 saturated carbocycles. The summed E-state index contributed by atoms with van der Waals surface area (Å²) in [5.74, 6) is 1.50. The SMILES string of the molecule is CCc1nc(C)cc(N2CCCCC2C(=O)OC)n1. The van der Waals surface area contributed by atoms with Gasteiger partial charge in [-0.3, -0.25) is 0 Å². The molecule has 1 aromatic rings. The summed E-state index contributed by atoms with van der Waals surface area (Å²) in [7, 11) is 1.44. The normalized spacial score (nSPS) is 19.3. The average Bonchev–Trinajstić information content (AvgIpc) is 2.45. The molecule has 2 heterocycles. The van der Waals surface area contributed by atoms with Gasteiger partial charge < -0.3 is 9.64 Å². The number of carbonyl (C=O) groups excluding carboxylic acids is 1. The lowest BCUT2D eigenvalue weighted by molar-refractivity contribution is -0.142. The van der Waals surface area contributed by atoms with E-state index in [0.29, 0.717) is 0 Å². The van der Waals surface area contributed by atoms with Crippen LogP contribution in [0.1, 0.15) is 37.7 Å². The largest absolute Gasteiger partial charge is 0.467 e. The first-order valence-corrected chi connectivity index (χ1v) is 6.84. The van der Waals surface area contributed by atoms with Gasteiger partial charge in [0.1, 0.15) is 17.7 Å². The van der Waals surface area contributed by atoms with Crippen LogP contribution in [0.2, 0.25) is 0 Å². The van der Waals surface area contributed by atoms with Gasteiger partial charge in [-0.1, -0.05) is 6.92 Å². The summed E-state index contributed by atoms with van der Waals surface area (Å²) in [5.41, 5.74) is 0.941. The zero-order chi connectivity index (χ0) is 13.8. The zero-order valence-electron chi connectivity index (χ0n) is 11.8. The van der Waals surface area contributed by atoms with Crippen LogP contribution in [0.4, 0.5) is 5.82 Å². The van der Waals surface area contributed by atoms with E-state index in [2.05, 4.69) is 14.9 Å². The maximum atomic E-state index is 11.9. The minimum atomic E-state index is -0.210. The number of hydrogen-bond acceptors (Lipinski definition) is 5. The van der Waals surface area contributed by atoms with Crippen molar-refractivity contribution in [2.75, 3.05) is 18.6 Å². The van der Waals surface area contributed by atoms with Gasteiger partial charge in [-0.15, -0.1) is 0 Å². The third kappa shape index (κ3) is 3.03. The summed E-state index contributed by atoms with van der Waals surface area (Å²) < 4.78 is 4.90. The summed E-state index contributed by atoms with van der Waals surface area (Å²) in [6.07, 6.45) is 3.77. The molecule has 1 aliphatic rings. The Labute approximate surface area is 114 Å². The van der Waals surface area contributed by atoms with Gasteiger partial charge >= 0.3 is 5.97 Å². The van der Waals surface area contributed by atoms with Crippen LogP contribution in [0.15, 0.2) is 6.07 Å². The fourth-order valence-corrected chi connectivity index (χ4v) is 2.50. The highest BCUT2D eigenvalue weighted by Gasteiger charge is 2.30. The Morgan fingerprint density at radius 3 is 2.95 bits per heavy atom. The number of hydrogen-bond donors (Lipinski definition) is 0. The van der Waals surface area contributed by atoms with Crippen molar-refractivity contribution in [3.05, 3.63) is 17.6 Å². The number of carbonyl (C=O) groups is 1. The van der Waals surface area contributed by atoms with Crippen molar-refractivity contribution in [1.29, 1.82) is 0 Å². The lowest BCUT2D eigenvalue weighted by Crippen LogP contribution is -2.46. The van der Waals surface area contributed by atoms with Crippen LogP contribution in [0, 0.1) is 6.92 Å². The third-order valence-corrected chi connectivity index (χ3v) is 3.47. The number of rotatable bonds is 3. The van der Waals surface area contributed by atoms with Crippen molar-refractivity contribution in [3.8, 4) is 0 Å². The van der Waals surface area contributed by atoms with Gasteiger partial charge in [0.2, 0.25) is 0 Å². The monoisotopic (exact) mass is 263 g/mol. The zero-order valence-corrected chi connectivity index (χ0v) is 11.8. The summed E-state index contributed by atoms with van der Waals surface area (Å²) in [4.78, 5) is 22.9. The quantitative estimate of drug-likeness (QED) is 0.779. The molecule has 0 aliphatic carbocycles. The van der Waals surface area contributed by atoms with Gasteiger partial charge in [-0.2, -0.15) is 0 Å². The Hall–Kier alpha value is -1.65. The third-order valence-electron chi connectivity index (χ3n) is 3.47. The second-order valence-electron chi connectivity index (χ2n) is 4.87. The van der Waals surface area contributed by atoms with Gasteiger partial charge in [0.25, 0.3) is 0 Å². The maximum absolute atomic E-state index is 11.9. The second-order valence-corrected chi connectivity index (χ2v) is 4.87. The number of nitrogens with zero attached hydrogens (tertiary/aromatic N) is 3. The number of piperidine rings is 1. The van der Waals surface area contributed by atoms with Crippen LogP contribution < -0.4 is 4.90 Å². The Kier molecular flexibility index (Phi) is 4.35. The predicted octanol–water partition coefficient (Wildman–Crippen LogP) is 1.88. The summed E-state index contributed by atoms with van der Waals surface area (Å²) >= 11 is 0. The number of methoxy groups -OCH3 is 1. The first kappa shape index (κ1) is 13.8. The Bertz CT molecular complexity index is 462. The molecule has 0 aromatic carbocycles. The molecule has 0 spiro atoms. The molecular formula is C14H21N3O2. The summed E-state index contributed by atoms with van der Waals surface area (Å²) in [6, 6.07) is 1.73. The van der Waals surface area contributed by atoms with Crippen LogP contribution in [-0.2, 0) is 16.0 Å². The van der Waals surface area contributed by atoms with E-state index in [1.165, 1.54) is 7.11 Å². The molecule has 19 heavy (non-hydrogen) atoms. The minimum absolute atomic E-state index is 0.172. The van der Waals surface area contributed by atoms with Crippen molar-refractivity contribution in [1.82, 2.24) is 9.97 Å². The van der Waals surface area contributed by atoms with Crippen molar-refractivity contribution >= 4 is 11.8 Å². The van der Waals surface area contributed by atoms with E-state index in [9.17, 15) is 4.79 Å². The second kappa shape index (κ2) is 5.99. The fourth-order valence-electron chi connectivity index (χ4n) is 2.50. The lowest BCUT2D eigenvalue weighted by atomic mass is 10.0. The fraction of sp³-hybridized carbons (Fsp3) is 0.643. The van der Waals surface area contributed by atoms with Crippen molar-refractivity contribution < 1.29 is 9.53 Å². The van der Waals surface area contributed by atoms with E-state index in [0.717, 1.165) is 49.6 Å². The van der Waals surface area contributed by atoms with Crippen LogP contribution in [0.3, 0.4) is 0 Å². The van der Waals surface area contributed by atoms with Gasteiger partial charge in [0, 0.05) is 24.7 Å². The number of ether oxygens (including phenoxy) is 1. The number of anilines is 1. The van der Waals surface area contributed by atoms with E-state index < -0.39 is 0 Å². The minimum Gasteiger partial charge on any atom is -0.467 e. The highest BCUT2D eigenvalue weighted by Crippen LogP contribution is 2.24. The van der Waals surface area contributed by atoms with Crippen LogP contribution >= 0.6 is 0 Å². The van der Waals surface area contributed by atoms with Crippen LogP contribution in [0.5, 0.6) is 0 Å². The standard InChI is InChI=1S/C14H21N3O2/c1-4-12-15-10(2)9-13(16-12)17-8-6-5-7-11(17)14(18)19-3/h9,11H,4-8H2,1-3H3. The molecule has 0 bridgehead atoms. The highest BCUT2D eigenvalue weighted by atomic mass is 16.5. The Balaban J connectivity index is 2.31. The lowest BCUT2D eigenvalue weighted by Gasteiger charge is -2.34. The molecule has 1 atom stereocenters. The highest BCUT2D eigenvalue weighted by molar-refractivity contribution is 5.79. The van der Waals surface area contributed by atoms with Crippen molar-refractivity contribution in [3.63, 3.8) is 0 Å². The predicted molar refractivity (Wildman–Crippen MR) is 73.1 cm³/mol. The molecule has 0 N–H and O–H groups in total. The number of aromatic nitrogens is 2. The molecule has 0 amide bonds. The molecular weight excluding hydrogens is 242 g/mol. The summed E-state index contributed by atoms with van der Waals surface area (Å²) in [6.45, 7) is 4.84.